The van der Waals surface area contributed by atoms with Gasteiger partial charge in [-0.3, -0.25) is 5.41 Å². The number of hydrogen-bond donors (Lipinski definition) is 4. The number of ether oxygens (including phenoxy) is 1. The van der Waals surface area contributed by atoms with Gasteiger partial charge in [-0.15, -0.1) is 0 Å². The average molecular weight is 409 g/mol. The highest BCUT2D eigenvalue weighted by atomic mass is 16.5. The third-order valence-electron chi connectivity index (χ3n) is 4.38. The summed E-state index contributed by atoms with van der Waals surface area (Å²) in [6, 6.07) is 13.0. The minimum atomic E-state index is -0.133. The molecule has 1 aliphatic heterocycles. The summed E-state index contributed by atoms with van der Waals surface area (Å²) in [4.78, 5) is 6.61. The lowest BCUT2D eigenvalue weighted by Gasteiger charge is -2.14. The number of amidine groups is 1. The van der Waals surface area contributed by atoms with Gasteiger partial charge in [-0.2, -0.15) is 5.10 Å². The molecular weight excluding hydrogens is 382 g/mol. The van der Waals surface area contributed by atoms with E-state index in [-0.39, 0.29) is 19.0 Å². The summed E-state index contributed by atoms with van der Waals surface area (Å²) in [6.07, 6.45) is 0. The minimum absolute atomic E-state index is 0.109. The lowest BCUT2D eigenvalue weighted by atomic mass is 10.1. The Labute approximate surface area is 175 Å². The molecule has 158 valence electrons. The molecule has 6 N–H and O–H groups in total. The zero-order valence-electron chi connectivity index (χ0n) is 17.2. The van der Waals surface area contributed by atoms with Crippen LogP contribution in [0.15, 0.2) is 52.6 Å². The van der Waals surface area contributed by atoms with Crippen LogP contribution in [0.2, 0.25) is 0 Å². The van der Waals surface area contributed by atoms with Gasteiger partial charge in [-0.1, -0.05) is 30.3 Å². The van der Waals surface area contributed by atoms with E-state index in [4.69, 9.17) is 26.7 Å². The Kier molecular flexibility index (Phi) is 6.65. The van der Waals surface area contributed by atoms with Crippen LogP contribution in [-0.2, 0) is 6.54 Å². The third-order valence-corrected chi connectivity index (χ3v) is 4.38. The zero-order chi connectivity index (χ0) is 21.7. The fourth-order valence-corrected chi connectivity index (χ4v) is 3.00. The van der Waals surface area contributed by atoms with E-state index >= 15 is 0 Å². The normalized spacial score (nSPS) is 15.2. The predicted octanol–water partition coefficient (Wildman–Crippen LogP) is 1.71. The van der Waals surface area contributed by atoms with Crippen molar-refractivity contribution in [1.82, 2.24) is 9.91 Å². The molecule has 0 saturated carbocycles. The van der Waals surface area contributed by atoms with E-state index in [1.54, 1.807) is 17.1 Å². The maximum atomic E-state index is 9.00. The molecule has 1 heterocycles. The van der Waals surface area contributed by atoms with Gasteiger partial charge in [0, 0.05) is 12.6 Å². The van der Waals surface area contributed by atoms with E-state index in [9.17, 15) is 0 Å². The number of nitrogens with one attached hydrogen (secondary N) is 1. The number of nitrogens with two attached hydrogens (primary N) is 2. The second-order valence-electron chi connectivity index (χ2n) is 7.16. The smallest absolute Gasteiger partial charge is 0.170 e. The second kappa shape index (κ2) is 9.38. The van der Waals surface area contributed by atoms with Crippen LogP contribution in [-0.4, -0.2) is 66.1 Å². The lowest BCUT2D eigenvalue weighted by molar-refractivity contribution is 0.202. The van der Waals surface area contributed by atoms with Gasteiger partial charge in [-0.25, -0.2) is 10.0 Å². The van der Waals surface area contributed by atoms with Gasteiger partial charge < -0.3 is 26.2 Å². The summed E-state index contributed by atoms with van der Waals surface area (Å²) in [5.74, 6) is 0.583. The van der Waals surface area contributed by atoms with Crippen molar-refractivity contribution in [2.24, 2.45) is 10.1 Å². The SMILES string of the molecule is CN(C)CC1=NN(Cc2ccccc2)C(=N)C1=Nc1cc(OCCO)c(N)cc1N. The number of aliphatic imine (C=N–C) groups is 1. The van der Waals surface area contributed by atoms with Crippen molar-refractivity contribution < 1.29 is 9.84 Å². The van der Waals surface area contributed by atoms with Gasteiger partial charge in [0.15, 0.2) is 5.84 Å². The lowest BCUT2D eigenvalue weighted by Crippen LogP contribution is -2.30. The number of nitrogen functional groups attached to an aromatic ring is 2. The molecule has 0 fully saturated rings. The van der Waals surface area contributed by atoms with E-state index < -0.39 is 0 Å². The van der Waals surface area contributed by atoms with E-state index in [1.165, 1.54) is 0 Å². The number of anilines is 2. The first-order valence-electron chi connectivity index (χ1n) is 9.53. The Morgan fingerprint density at radius 3 is 2.57 bits per heavy atom. The average Bonchev–Trinajstić information content (AvgIpc) is 2.98. The molecule has 0 bridgehead atoms. The summed E-state index contributed by atoms with van der Waals surface area (Å²) in [5.41, 5.74) is 15.4. The van der Waals surface area contributed by atoms with E-state index in [2.05, 4.69) is 10.1 Å². The van der Waals surface area contributed by atoms with Crippen molar-refractivity contribution in [3.63, 3.8) is 0 Å². The molecule has 2 aromatic carbocycles. The van der Waals surface area contributed by atoms with Gasteiger partial charge in [-0.05, 0) is 25.7 Å². The number of aliphatic hydroxyl groups excluding tert-OH is 1. The van der Waals surface area contributed by atoms with Crippen molar-refractivity contribution >= 4 is 34.3 Å². The molecule has 0 amide bonds. The standard InChI is InChI=1S/C21H27N7O2/c1-27(2)13-18-20(21(24)28(26-18)12-14-6-4-3-5-7-14)25-17-11-19(30-9-8-29)16(23)10-15(17)22/h3-7,10-11,24,29H,8-9,12-13,22-23H2,1-2H3. The van der Waals surface area contributed by atoms with Crippen molar-refractivity contribution in [1.29, 1.82) is 5.41 Å². The fourth-order valence-electron chi connectivity index (χ4n) is 3.00. The van der Waals surface area contributed by atoms with Crippen LogP contribution in [0, 0.1) is 5.41 Å². The molecular formula is C21H27N7O2. The van der Waals surface area contributed by atoms with E-state index in [1.807, 2.05) is 49.3 Å². The highest BCUT2D eigenvalue weighted by Gasteiger charge is 2.29. The van der Waals surface area contributed by atoms with Gasteiger partial charge in [0.2, 0.25) is 0 Å². The molecule has 30 heavy (non-hydrogen) atoms. The number of hydrogen-bond acceptors (Lipinski definition) is 8. The summed E-state index contributed by atoms with van der Waals surface area (Å²) < 4.78 is 5.46. The van der Waals surface area contributed by atoms with Crippen LogP contribution >= 0.6 is 0 Å². The van der Waals surface area contributed by atoms with E-state index in [0.29, 0.717) is 47.3 Å². The number of hydrazone groups is 1. The molecule has 0 saturated heterocycles. The first-order chi connectivity index (χ1) is 14.4. The summed E-state index contributed by atoms with van der Waals surface area (Å²) in [6.45, 7) is 0.970. The molecule has 3 rings (SSSR count). The van der Waals surface area contributed by atoms with Gasteiger partial charge in [0.1, 0.15) is 23.8 Å². The van der Waals surface area contributed by atoms with Gasteiger partial charge in [0.05, 0.1) is 30.2 Å². The minimum Gasteiger partial charge on any atom is -0.489 e. The quantitative estimate of drug-likeness (QED) is 0.490. The Hall–Kier alpha value is -3.43. The maximum Gasteiger partial charge on any atom is 0.170 e. The van der Waals surface area contributed by atoms with Crippen LogP contribution in [0.5, 0.6) is 5.75 Å². The van der Waals surface area contributed by atoms with Crippen molar-refractivity contribution in [2.75, 3.05) is 45.3 Å². The number of rotatable bonds is 8. The fraction of sp³-hybridized carbons (Fsp3) is 0.286. The monoisotopic (exact) mass is 409 g/mol. The van der Waals surface area contributed by atoms with Gasteiger partial charge in [0.25, 0.3) is 0 Å². The Bertz CT molecular complexity index is 971. The Balaban J connectivity index is 1.95. The Morgan fingerprint density at radius 1 is 1.17 bits per heavy atom. The molecule has 0 radical (unpaired) electrons. The van der Waals surface area contributed by atoms with Crippen LogP contribution in [0.1, 0.15) is 5.56 Å². The summed E-state index contributed by atoms with van der Waals surface area (Å²) in [5, 5.41) is 23.9. The van der Waals surface area contributed by atoms with Crippen LogP contribution in [0.25, 0.3) is 0 Å². The second-order valence-corrected chi connectivity index (χ2v) is 7.16. The van der Waals surface area contributed by atoms with Crippen molar-refractivity contribution in [3.8, 4) is 5.75 Å². The van der Waals surface area contributed by atoms with Crippen LogP contribution in [0.3, 0.4) is 0 Å². The molecule has 2 aromatic rings. The molecule has 9 nitrogen and oxygen atoms in total. The first-order valence-corrected chi connectivity index (χ1v) is 9.53. The third kappa shape index (κ3) is 4.94. The van der Waals surface area contributed by atoms with Crippen molar-refractivity contribution in [3.05, 3.63) is 48.0 Å². The highest BCUT2D eigenvalue weighted by molar-refractivity contribution is 6.70. The predicted molar refractivity (Wildman–Crippen MR) is 121 cm³/mol. The Morgan fingerprint density at radius 2 is 1.90 bits per heavy atom. The first kappa shape index (κ1) is 21.3. The topological polar surface area (TPSA) is 137 Å². The number of benzene rings is 2. The maximum absolute atomic E-state index is 9.00. The molecule has 0 aliphatic carbocycles. The summed E-state index contributed by atoms with van der Waals surface area (Å²) >= 11 is 0. The highest BCUT2D eigenvalue weighted by Crippen LogP contribution is 2.34. The molecule has 0 spiro atoms. The molecule has 9 heteroatoms. The number of nitrogens with zero attached hydrogens (tertiary/aromatic N) is 4. The number of aliphatic hydroxyl groups is 1. The van der Waals surface area contributed by atoms with Crippen molar-refractivity contribution in [2.45, 2.75) is 6.54 Å². The zero-order valence-corrected chi connectivity index (χ0v) is 17.2. The summed E-state index contributed by atoms with van der Waals surface area (Å²) in [7, 11) is 3.87. The molecule has 0 atom stereocenters. The van der Waals surface area contributed by atoms with Gasteiger partial charge >= 0.3 is 0 Å². The molecule has 1 aliphatic rings. The van der Waals surface area contributed by atoms with Crippen LogP contribution in [0.4, 0.5) is 17.1 Å². The largest absolute Gasteiger partial charge is 0.489 e. The molecule has 0 aromatic heterocycles. The molecule has 0 unspecified atom stereocenters. The van der Waals surface area contributed by atoms with E-state index in [0.717, 1.165) is 5.56 Å². The van der Waals surface area contributed by atoms with Crippen LogP contribution < -0.4 is 16.2 Å².